The predicted molar refractivity (Wildman–Crippen MR) is 61.9 cm³/mol. The Morgan fingerprint density at radius 3 is 2.40 bits per heavy atom. The summed E-state index contributed by atoms with van der Waals surface area (Å²) in [6, 6.07) is 8.23. The molecule has 2 heteroatoms. The summed E-state index contributed by atoms with van der Waals surface area (Å²) >= 11 is 0. The second kappa shape index (κ2) is 4.86. The molecule has 0 unspecified atom stereocenters. The van der Waals surface area contributed by atoms with Crippen LogP contribution in [0.25, 0.3) is 0 Å². The number of hydrogen-bond donors (Lipinski definition) is 1. The van der Waals surface area contributed by atoms with Gasteiger partial charge < -0.3 is 10.0 Å². The van der Waals surface area contributed by atoms with Gasteiger partial charge in [0.15, 0.2) is 0 Å². The van der Waals surface area contributed by atoms with Crippen LogP contribution in [0.5, 0.6) is 0 Å². The average molecular weight is 201 g/mol. The van der Waals surface area contributed by atoms with Crippen molar-refractivity contribution in [3.8, 4) is 11.8 Å². The first kappa shape index (κ1) is 10.1. The van der Waals surface area contributed by atoms with Gasteiger partial charge in [-0.2, -0.15) is 0 Å². The highest BCUT2D eigenvalue weighted by atomic mass is 16.2. The van der Waals surface area contributed by atoms with Gasteiger partial charge in [-0.3, -0.25) is 0 Å². The molecule has 1 heterocycles. The standard InChI is InChI=1S/C13H15NO/c15-11-3-4-12-5-7-13(8-6-12)14-9-1-2-10-14/h5-8,15H,1-2,9-11H2. The Morgan fingerprint density at radius 2 is 1.80 bits per heavy atom. The number of rotatable bonds is 1. The molecule has 0 aliphatic carbocycles. The minimum absolute atomic E-state index is 0.0755. The van der Waals surface area contributed by atoms with Crippen LogP contribution in [0.1, 0.15) is 18.4 Å². The summed E-state index contributed by atoms with van der Waals surface area (Å²) in [4.78, 5) is 2.39. The Kier molecular flexibility index (Phi) is 3.26. The van der Waals surface area contributed by atoms with Crippen LogP contribution in [0.4, 0.5) is 5.69 Å². The number of aliphatic hydroxyl groups is 1. The fraction of sp³-hybridized carbons (Fsp3) is 0.385. The van der Waals surface area contributed by atoms with Gasteiger partial charge in [-0.1, -0.05) is 11.8 Å². The third-order valence-electron chi connectivity index (χ3n) is 2.65. The SMILES string of the molecule is OCC#Cc1ccc(N2CCCC2)cc1. The lowest BCUT2D eigenvalue weighted by atomic mass is 10.2. The van der Waals surface area contributed by atoms with Gasteiger partial charge in [0, 0.05) is 24.3 Å². The molecule has 1 aromatic rings. The number of aliphatic hydroxyl groups excluding tert-OH is 1. The zero-order valence-corrected chi connectivity index (χ0v) is 8.74. The molecule has 15 heavy (non-hydrogen) atoms. The number of hydrogen-bond acceptors (Lipinski definition) is 2. The van der Waals surface area contributed by atoms with E-state index in [2.05, 4.69) is 28.9 Å². The fourth-order valence-electron chi connectivity index (χ4n) is 1.87. The van der Waals surface area contributed by atoms with Crippen LogP contribution < -0.4 is 4.90 Å². The maximum Gasteiger partial charge on any atom is 0.104 e. The highest BCUT2D eigenvalue weighted by Gasteiger charge is 2.11. The van der Waals surface area contributed by atoms with Crippen LogP contribution in [-0.2, 0) is 0 Å². The van der Waals surface area contributed by atoms with E-state index in [4.69, 9.17) is 5.11 Å². The fourth-order valence-corrected chi connectivity index (χ4v) is 1.87. The summed E-state index contributed by atoms with van der Waals surface area (Å²) < 4.78 is 0. The lowest BCUT2D eigenvalue weighted by Gasteiger charge is -2.17. The first-order chi connectivity index (χ1) is 7.40. The molecule has 78 valence electrons. The highest BCUT2D eigenvalue weighted by molar-refractivity contribution is 5.51. The Bertz CT molecular complexity index is 366. The van der Waals surface area contributed by atoms with Crippen LogP contribution in [0.3, 0.4) is 0 Å². The Labute approximate surface area is 90.5 Å². The minimum atomic E-state index is -0.0755. The van der Waals surface area contributed by atoms with E-state index in [0.717, 1.165) is 5.56 Å². The van der Waals surface area contributed by atoms with Gasteiger partial charge in [-0.15, -0.1) is 0 Å². The van der Waals surface area contributed by atoms with Gasteiger partial charge in [0.05, 0.1) is 0 Å². The molecule has 0 spiro atoms. The van der Waals surface area contributed by atoms with E-state index in [1.54, 1.807) is 0 Å². The number of anilines is 1. The summed E-state index contributed by atoms with van der Waals surface area (Å²) in [5.41, 5.74) is 2.24. The van der Waals surface area contributed by atoms with Crippen molar-refractivity contribution < 1.29 is 5.11 Å². The molecule has 1 N–H and O–H groups in total. The summed E-state index contributed by atoms with van der Waals surface area (Å²) in [5, 5.41) is 8.57. The van der Waals surface area contributed by atoms with Crippen LogP contribution >= 0.6 is 0 Å². The maximum atomic E-state index is 8.57. The molecule has 0 radical (unpaired) electrons. The lowest BCUT2D eigenvalue weighted by molar-refractivity contribution is 0.350. The van der Waals surface area contributed by atoms with Crippen molar-refractivity contribution in [3.05, 3.63) is 29.8 Å². The number of nitrogens with zero attached hydrogens (tertiary/aromatic N) is 1. The van der Waals surface area contributed by atoms with Gasteiger partial charge in [-0.25, -0.2) is 0 Å². The third-order valence-corrected chi connectivity index (χ3v) is 2.65. The van der Waals surface area contributed by atoms with E-state index in [9.17, 15) is 0 Å². The van der Waals surface area contributed by atoms with Gasteiger partial charge in [0.1, 0.15) is 6.61 Å². The molecule has 1 aliphatic rings. The summed E-state index contributed by atoms with van der Waals surface area (Å²) in [7, 11) is 0. The second-order valence-electron chi connectivity index (χ2n) is 3.70. The largest absolute Gasteiger partial charge is 0.384 e. The summed E-state index contributed by atoms with van der Waals surface area (Å²) in [6.45, 7) is 2.26. The maximum absolute atomic E-state index is 8.57. The van der Waals surface area contributed by atoms with Gasteiger partial charge in [0.25, 0.3) is 0 Å². The van der Waals surface area contributed by atoms with Gasteiger partial charge in [0.2, 0.25) is 0 Å². The molecule has 1 fully saturated rings. The molecule has 0 bridgehead atoms. The zero-order valence-electron chi connectivity index (χ0n) is 8.74. The van der Waals surface area contributed by atoms with Crippen LogP contribution in [0.2, 0.25) is 0 Å². The predicted octanol–water partition coefficient (Wildman–Crippen LogP) is 1.63. The number of benzene rings is 1. The van der Waals surface area contributed by atoms with Crippen molar-refractivity contribution in [3.63, 3.8) is 0 Å². The second-order valence-corrected chi connectivity index (χ2v) is 3.70. The van der Waals surface area contributed by atoms with E-state index in [1.165, 1.54) is 31.6 Å². The topological polar surface area (TPSA) is 23.5 Å². The quantitative estimate of drug-likeness (QED) is 0.698. The van der Waals surface area contributed by atoms with Crippen LogP contribution in [0.15, 0.2) is 24.3 Å². The lowest BCUT2D eigenvalue weighted by Crippen LogP contribution is -2.17. The summed E-state index contributed by atoms with van der Waals surface area (Å²) in [6.07, 6.45) is 2.60. The summed E-state index contributed by atoms with van der Waals surface area (Å²) in [5.74, 6) is 5.54. The molecule has 2 rings (SSSR count). The zero-order chi connectivity index (χ0) is 10.5. The smallest absolute Gasteiger partial charge is 0.104 e. The molecule has 1 aliphatic heterocycles. The molecule has 0 aromatic heterocycles. The highest BCUT2D eigenvalue weighted by Crippen LogP contribution is 2.19. The monoisotopic (exact) mass is 201 g/mol. The molecule has 0 amide bonds. The Balaban J connectivity index is 2.09. The molecule has 2 nitrogen and oxygen atoms in total. The van der Waals surface area contributed by atoms with E-state index >= 15 is 0 Å². The van der Waals surface area contributed by atoms with Crippen molar-refractivity contribution in [2.45, 2.75) is 12.8 Å². The third kappa shape index (κ3) is 2.51. The molecular formula is C13H15NO. The Morgan fingerprint density at radius 1 is 1.13 bits per heavy atom. The average Bonchev–Trinajstić information content (AvgIpc) is 2.80. The normalized spacial score (nSPS) is 14.9. The van der Waals surface area contributed by atoms with E-state index in [0.29, 0.717) is 0 Å². The molecular weight excluding hydrogens is 186 g/mol. The van der Waals surface area contributed by atoms with Crippen molar-refractivity contribution in [2.24, 2.45) is 0 Å². The molecule has 1 aromatic carbocycles. The van der Waals surface area contributed by atoms with Crippen LogP contribution in [0, 0.1) is 11.8 Å². The van der Waals surface area contributed by atoms with Gasteiger partial charge in [-0.05, 0) is 37.1 Å². The van der Waals surface area contributed by atoms with Crippen molar-refractivity contribution in [1.29, 1.82) is 0 Å². The molecule has 1 saturated heterocycles. The Hall–Kier alpha value is -1.46. The first-order valence-electron chi connectivity index (χ1n) is 5.35. The van der Waals surface area contributed by atoms with Crippen LogP contribution in [-0.4, -0.2) is 24.8 Å². The van der Waals surface area contributed by atoms with E-state index < -0.39 is 0 Å². The van der Waals surface area contributed by atoms with Crippen molar-refractivity contribution in [2.75, 3.05) is 24.6 Å². The first-order valence-corrected chi connectivity index (χ1v) is 5.35. The molecule has 0 saturated carbocycles. The van der Waals surface area contributed by atoms with Crippen molar-refractivity contribution in [1.82, 2.24) is 0 Å². The van der Waals surface area contributed by atoms with E-state index in [1.807, 2.05) is 12.1 Å². The minimum Gasteiger partial charge on any atom is -0.384 e. The van der Waals surface area contributed by atoms with Crippen molar-refractivity contribution >= 4 is 5.69 Å². The molecule has 0 atom stereocenters. The van der Waals surface area contributed by atoms with Gasteiger partial charge >= 0.3 is 0 Å². The van der Waals surface area contributed by atoms with E-state index in [-0.39, 0.29) is 6.61 Å².